The average molecular weight is 386 g/mol. The Morgan fingerprint density at radius 3 is 2.88 bits per heavy atom. The molecule has 1 aliphatic rings. The molecular weight excluding hydrogens is 366 g/mol. The first kappa shape index (κ1) is 15.6. The first-order valence-corrected chi connectivity index (χ1v) is 9.15. The number of rotatable bonds is 5. The molecule has 0 aliphatic carbocycles. The van der Waals surface area contributed by atoms with E-state index in [0.29, 0.717) is 5.95 Å². The van der Waals surface area contributed by atoms with Crippen molar-refractivity contribution in [2.24, 2.45) is 0 Å². The maximum Gasteiger partial charge on any atom is 0.224 e. The molecule has 4 rings (SSSR count). The zero-order valence-corrected chi connectivity index (χ0v) is 15.0. The first-order chi connectivity index (χ1) is 11.8. The van der Waals surface area contributed by atoms with Crippen LogP contribution in [0.15, 0.2) is 47.2 Å². The molecule has 1 N–H and O–H groups in total. The molecule has 124 valence electrons. The van der Waals surface area contributed by atoms with Gasteiger partial charge in [0.15, 0.2) is 0 Å². The standard InChI is InChI=1S/C18H20BrN5/c19-15-3-4-16-14(13-15)6-11-24(16)17-5-7-20-18(22-17)21-8-12-23-9-1-2-10-23/h3-7,11,13H,1-2,8-10,12H2,(H,20,21,22). The Morgan fingerprint density at radius 2 is 2.00 bits per heavy atom. The Bertz CT molecular complexity index is 838. The van der Waals surface area contributed by atoms with Crippen LogP contribution < -0.4 is 5.32 Å². The maximum absolute atomic E-state index is 4.66. The highest BCUT2D eigenvalue weighted by Crippen LogP contribution is 2.23. The van der Waals surface area contributed by atoms with E-state index < -0.39 is 0 Å². The lowest BCUT2D eigenvalue weighted by Gasteiger charge is -2.14. The summed E-state index contributed by atoms with van der Waals surface area (Å²) in [5, 5.41) is 4.53. The summed E-state index contributed by atoms with van der Waals surface area (Å²) in [6.07, 6.45) is 6.50. The monoisotopic (exact) mass is 385 g/mol. The van der Waals surface area contributed by atoms with Crippen molar-refractivity contribution in [3.63, 3.8) is 0 Å². The van der Waals surface area contributed by atoms with Crippen LogP contribution in [0.3, 0.4) is 0 Å². The van der Waals surface area contributed by atoms with Crippen molar-refractivity contribution in [2.45, 2.75) is 12.8 Å². The highest BCUT2D eigenvalue weighted by Gasteiger charge is 2.11. The maximum atomic E-state index is 4.66. The van der Waals surface area contributed by atoms with Gasteiger partial charge in [0.25, 0.3) is 0 Å². The number of nitrogens with one attached hydrogen (secondary N) is 1. The van der Waals surface area contributed by atoms with Crippen molar-refractivity contribution in [1.82, 2.24) is 19.4 Å². The number of aromatic nitrogens is 3. The fraction of sp³-hybridized carbons (Fsp3) is 0.333. The molecule has 1 aromatic carbocycles. The number of halogens is 1. The van der Waals surface area contributed by atoms with Crippen LogP contribution in [0, 0.1) is 0 Å². The minimum Gasteiger partial charge on any atom is -0.353 e. The number of hydrogen-bond acceptors (Lipinski definition) is 4. The second-order valence-corrected chi connectivity index (χ2v) is 7.02. The van der Waals surface area contributed by atoms with Crippen LogP contribution in [0.2, 0.25) is 0 Å². The molecule has 1 saturated heterocycles. The lowest BCUT2D eigenvalue weighted by molar-refractivity contribution is 0.352. The smallest absolute Gasteiger partial charge is 0.224 e. The molecule has 2 aromatic heterocycles. The lowest BCUT2D eigenvalue weighted by atomic mass is 10.2. The third-order valence-electron chi connectivity index (χ3n) is 4.45. The van der Waals surface area contributed by atoms with Crippen LogP contribution in [-0.2, 0) is 0 Å². The number of likely N-dealkylation sites (tertiary alicyclic amines) is 1. The summed E-state index contributed by atoms with van der Waals surface area (Å²) in [7, 11) is 0. The summed E-state index contributed by atoms with van der Waals surface area (Å²) in [5.74, 6) is 1.57. The van der Waals surface area contributed by atoms with Gasteiger partial charge in [-0.15, -0.1) is 0 Å². The molecule has 0 spiro atoms. The summed E-state index contributed by atoms with van der Waals surface area (Å²) in [4.78, 5) is 11.5. The molecule has 3 aromatic rings. The fourth-order valence-electron chi connectivity index (χ4n) is 3.21. The van der Waals surface area contributed by atoms with Crippen molar-refractivity contribution in [3.8, 4) is 5.82 Å². The topological polar surface area (TPSA) is 46.0 Å². The van der Waals surface area contributed by atoms with Gasteiger partial charge in [0, 0.05) is 35.3 Å². The van der Waals surface area contributed by atoms with Gasteiger partial charge in [-0.3, -0.25) is 0 Å². The van der Waals surface area contributed by atoms with E-state index in [0.717, 1.165) is 28.9 Å². The SMILES string of the molecule is Brc1ccc2c(ccn2-c2ccnc(NCCN3CCCC3)n2)c1. The zero-order chi connectivity index (χ0) is 16.4. The summed E-state index contributed by atoms with van der Waals surface area (Å²) in [6.45, 7) is 4.36. The van der Waals surface area contributed by atoms with Gasteiger partial charge in [-0.25, -0.2) is 4.98 Å². The molecule has 1 fully saturated rings. The normalized spacial score (nSPS) is 15.2. The Kier molecular flexibility index (Phi) is 4.49. The van der Waals surface area contributed by atoms with E-state index in [-0.39, 0.29) is 0 Å². The summed E-state index contributed by atoms with van der Waals surface area (Å²) < 4.78 is 3.18. The van der Waals surface area contributed by atoms with Crippen LogP contribution in [0.5, 0.6) is 0 Å². The quantitative estimate of drug-likeness (QED) is 0.727. The molecule has 3 heterocycles. The van der Waals surface area contributed by atoms with E-state index in [9.17, 15) is 0 Å². The van der Waals surface area contributed by atoms with Gasteiger partial charge in [0.1, 0.15) is 5.82 Å². The van der Waals surface area contributed by atoms with Gasteiger partial charge in [-0.05, 0) is 56.3 Å². The molecule has 0 radical (unpaired) electrons. The number of fused-ring (bicyclic) bond motifs is 1. The summed E-state index contributed by atoms with van der Waals surface area (Å²) in [6, 6.07) is 10.3. The van der Waals surface area contributed by atoms with Gasteiger partial charge >= 0.3 is 0 Å². The van der Waals surface area contributed by atoms with E-state index in [1.54, 1.807) is 0 Å². The van der Waals surface area contributed by atoms with E-state index in [1.165, 1.54) is 31.3 Å². The van der Waals surface area contributed by atoms with E-state index in [4.69, 9.17) is 0 Å². The number of nitrogens with zero attached hydrogens (tertiary/aromatic N) is 4. The van der Waals surface area contributed by atoms with E-state index in [2.05, 4.69) is 64.9 Å². The van der Waals surface area contributed by atoms with Crippen LogP contribution in [0.25, 0.3) is 16.7 Å². The highest BCUT2D eigenvalue weighted by atomic mass is 79.9. The van der Waals surface area contributed by atoms with Gasteiger partial charge in [0.2, 0.25) is 5.95 Å². The zero-order valence-electron chi connectivity index (χ0n) is 13.5. The van der Waals surface area contributed by atoms with Gasteiger partial charge in [-0.1, -0.05) is 15.9 Å². The molecule has 0 bridgehead atoms. The molecule has 0 saturated carbocycles. The predicted octanol–water partition coefficient (Wildman–Crippen LogP) is 3.69. The van der Waals surface area contributed by atoms with Crippen molar-refractivity contribution in [3.05, 3.63) is 47.2 Å². The van der Waals surface area contributed by atoms with Crippen LogP contribution in [0.4, 0.5) is 5.95 Å². The third kappa shape index (κ3) is 3.30. The fourth-order valence-corrected chi connectivity index (χ4v) is 3.59. The first-order valence-electron chi connectivity index (χ1n) is 8.36. The lowest BCUT2D eigenvalue weighted by Crippen LogP contribution is -2.26. The van der Waals surface area contributed by atoms with Gasteiger partial charge in [-0.2, -0.15) is 4.98 Å². The van der Waals surface area contributed by atoms with Crippen molar-refractivity contribution in [1.29, 1.82) is 0 Å². The number of hydrogen-bond donors (Lipinski definition) is 1. The van der Waals surface area contributed by atoms with E-state index in [1.807, 2.05) is 18.5 Å². The van der Waals surface area contributed by atoms with Crippen LogP contribution >= 0.6 is 15.9 Å². The third-order valence-corrected chi connectivity index (χ3v) is 4.94. The van der Waals surface area contributed by atoms with Crippen LogP contribution in [-0.4, -0.2) is 45.6 Å². The Balaban J connectivity index is 1.51. The van der Waals surface area contributed by atoms with Crippen molar-refractivity contribution < 1.29 is 0 Å². The van der Waals surface area contributed by atoms with Gasteiger partial charge in [0.05, 0.1) is 5.52 Å². The van der Waals surface area contributed by atoms with E-state index >= 15 is 0 Å². The Hall–Kier alpha value is -1.92. The van der Waals surface area contributed by atoms with Crippen LogP contribution in [0.1, 0.15) is 12.8 Å². The molecule has 1 aliphatic heterocycles. The molecule has 6 heteroatoms. The van der Waals surface area contributed by atoms with Gasteiger partial charge < -0.3 is 14.8 Å². The highest BCUT2D eigenvalue weighted by molar-refractivity contribution is 9.10. The predicted molar refractivity (Wildman–Crippen MR) is 101 cm³/mol. The largest absolute Gasteiger partial charge is 0.353 e. The Labute approximate surface area is 149 Å². The molecule has 24 heavy (non-hydrogen) atoms. The second-order valence-electron chi connectivity index (χ2n) is 6.10. The number of anilines is 1. The summed E-state index contributed by atoms with van der Waals surface area (Å²) >= 11 is 3.52. The summed E-state index contributed by atoms with van der Waals surface area (Å²) in [5.41, 5.74) is 1.14. The Morgan fingerprint density at radius 1 is 1.12 bits per heavy atom. The average Bonchev–Trinajstić information content (AvgIpc) is 3.24. The molecule has 0 unspecified atom stereocenters. The molecular formula is C18H20BrN5. The van der Waals surface area contributed by atoms with Crippen molar-refractivity contribution >= 4 is 32.8 Å². The minimum absolute atomic E-state index is 0.686. The van der Waals surface area contributed by atoms with Crippen molar-refractivity contribution in [2.75, 3.05) is 31.5 Å². The molecule has 0 amide bonds. The molecule has 5 nitrogen and oxygen atoms in total. The minimum atomic E-state index is 0.686. The second kappa shape index (κ2) is 6.91. The number of benzene rings is 1. The molecule has 0 atom stereocenters.